The third kappa shape index (κ3) is 1.84. The molecule has 0 radical (unpaired) electrons. The predicted octanol–water partition coefficient (Wildman–Crippen LogP) is 3.67. The highest BCUT2D eigenvalue weighted by Gasteiger charge is 2.58. The van der Waals surface area contributed by atoms with Gasteiger partial charge in [-0.05, 0) is 80.0 Å². The fourth-order valence-electron chi connectivity index (χ4n) is 6.68. The summed E-state index contributed by atoms with van der Waals surface area (Å²) < 4.78 is 0. The zero-order valence-corrected chi connectivity index (χ0v) is 13.5. The Kier molecular flexibility index (Phi) is 3.11. The first-order valence-electron chi connectivity index (χ1n) is 9.02. The summed E-state index contributed by atoms with van der Waals surface area (Å²) in [5.41, 5.74) is 2.06. The van der Waals surface area contributed by atoms with Crippen molar-refractivity contribution >= 4 is 0 Å². The van der Waals surface area contributed by atoms with E-state index >= 15 is 0 Å². The van der Waals surface area contributed by atoms with E-state index in [1.165, 1.54) is 32.1 Å². The molecule has 0 amide bonds. The molecule has 4 aliphatic carbocycles. The maximum atomic E-state index is 10.5. The van der Waals surface area contributed by atoms with E-state index in [4.69, 9.17) is 0 Å². The average molecular weight is 290 g/mol. The van der Waals surface area contributed by atoms with Gasteiger partial charge in [-0.25, -0.2) is 0 Å². The van der Waals surface area contributed by atoms with Crippen LogP contribution >= 0.6 is 0 Å². The van der Waals surface area contributed by atoms with Crippen LogP contribution in [0.1, 0.15) is 65.2 Å². The van der Waals surface area contributed by atoms with E-state index in [1.54, 1.807) is 5.57 Å². The highest BCUT2D eigenvalue weighted by Crippen LogP contribution is 2.65. The summed E-state index contributed by atoms with van der Waals surface area (Å²) in [6.07, 6.45) is 11.2. The molecule has 21 heavy (non-hydrogen) atoms. The van der Waals surface area contributed by atoms with Crippen LogP contribution in [0.3, 0.4) is 0 Å². The summed E-state index contributed by atoms with van der Waals surface area (Å²) in [7, 11) is 0. The zero-order chi connectivity index (χ0) is 14.8. The Hall–Kier alpha value is -0.340. The molecule has 0 aromatic rings. The van der Waals surface area contributed by atoms with Gasteiger partial charge in [-0.3, -0.25) is 0 Å². The molecule has 2 heteroatoms. The van der Waals surface area contributed by atoms with E-state index < -0.39 is 0 Å². The van der Waals surface area contributed by atoms with Crippen molar-refractivity contribution in [2.45, 2.75) is 77.4 Å². The van der Waals surface area contributed by atoms with Crippen LogP contribution in [0.4, 0.5) is 0 Å². The van der Waals surface area contributed by atoms with Crippen molar-refractivity contribution in [3.05, 3.63) is 11.6 Å². The van der Waals surface area contributed by atoms with Crippen LogP contribution in [0.5, 0.6) is 0 Å². The van der Waals surface area contributed by atoms with E-state index in [0.29, 0.717) is 5.41 Å². The van der Waals surface area contributed by atoms with E-state index in [1.807, 2.05) is 0 Å². The largest absolute Gasteiger partial charge is 0.393 e. The molecule has 2 N–H and O–H groups in total. The summed E-state index contributed by atoms with van der Waals surface area (Å²) in [4.78, 5) is 0. The molecule has 118 valence electrons. The van der Waals surface area contributed by atoms with Crippen molar-refractivity contribution < 1.29 is 10.2 Å². The van der Waals surface area contributed by atoms with Crippen molar-refractivity contribution in [2.75, 3.05) is 0 Å². The first-order valence-corrected chi connectivity index (χ1v) is 9.02. The van der Waals surface area contributed by atoms with Gasteiger partial charge in [0, 0.05) is 0 Å². The molecule has 3 fully saturated rings. The molecule has 0 spiro atoms. The standard InChI is InChI=1S/C19H30O2/c1-18-9-7-13(20)11-12(18)3-4-14-15-5-6-17(21)19(15,2)10-8-16(14)18/h11,13-17,20-21H,3-10H2,1-2H3/t13-,14+,15+,16+,17+,18-,19+/m0/s1. The average Bonchev–Trinajstić information content (AvgIpc) is 2.76. The number of hydrogen-bond acceptors (Lipinski definition) is 2. The third-order valence-corrected chi connectivity index (χ3v) is 8.04. The third-order valence-electron chi connectivity index (χ3n) is 8.04. The van der Waals surface area contributed by atoms with Gasteiger partial charge in [-0.15, -0.1) is 0 Å². The second-order valence-corrected chi connectivity index (χ2v) is 8.77. The van der Waals surface area contributed by atoms with Gasteiger partial charge in [-0.2, -0.15) is 0 Å². The Bertz CT molecular complexity index is 470. The minimum Gasteiger partial charge on any atom is -0.393 e. The fraction of sp³-hybridized carbons (Fsp3) is 0.895. The monoisotopic (exact) mass is 290 g/mol. The van der Waals surface area contributed by atoms with Gasteiger partial charge < -0.3 is 10.2 Å². The molecule has 3 saturated carbocycles. The normalized spacial score (nSPS) is 56.2. The molecule has 0 heterocycles. The molecule has 0 aliphatic heterocycles. The lowest BCUT2D eigenvalue weighted by Crippen LogP contribution is -2.51. The lowest BCUT2D eigenvalue weighted by molar-refractivity contribution is -0.0761. The van der Waals surface area contributed by atoms with Crippen molar-refractivity contribution in [3.8, 4) is 0 Å². The van der Waals surface area contributed by atoms with Gasteiger partial charge in [-0.1, -0.05) is 25.5 Å². The van der Waals surface area contributed by atoms with Crippen LogP contribution < -0.4 is 0 Å². The fourth-order valence-corrected chi connectivity index (χ4v) is 6.68. The Morgan fingerprint density at radius 2 is 1.76 bits per heavy atom. The van der Waals surface area contributed by atoms with E-state index in [-0.39, 0.29) is 17.6 Å². The minimum atomic E-state index is -0.202. The lowest BCUT2D eigenvalue weighted by atomic mass is 9.47. The highest BCUT2D eigenvalue weighted by molar-refractivity contribution is 5.25. The maximum absolute atomic E-state index is 10.5. The van der Waals surface area contributed by atoms with E-state index in [2.05, 4.69) is 19.9 Å². The zero-order valence-electron chi connectivity index (χ0n) is 13.5. The second-order valence-electron chi connectivity index (χ2n) is 8.77. The first kappa shape index (κ1) is 14.3. The molecule has 2 nitrogen and oxygen atoms in total. The summed E-state index contributed by atoms with van der Waals surface area (Å²) in [5.74, 6) is 2.32. The molecule has 7 atom stereocenters. The lowest BCUT2D eigenvalue weighted by Gasteiger charge is -2.58. The van der Waals surface area contributed by atoms with Gasteiger partial charge in [0.2, 0.25) is 0 Å². The SMILES string of the molecule is C[C@@]12CC[C@@H]3[C@H](CCC4=C[C@@H](O)CC[C@@]43C)[C@H]1CC[C@H]2O. The van der Waals surface area contributed by atoms with Crippen molar-refractivity contribution in [1.82, 2.24) is 0 Å². The Labute approximate surface area is 128 Å². The molecular weight excluding hydrogens is 260 g/mol. The number of allylic oxidation sites excluding steroid dienone is 1. The van der Waals surface area contributed by atoms with Gasteiger partial charge in [0.25, 0.3) is 0 Å². The first-order chi connectivity index (χ1) is 9.95. The number of aliphatic hydroxyl groups is 2. The topological polar surface area (TPSA) is 40.5 Å². The van der Waals surface area contributed by atoms with Gasteiger partial charge in [0.05, 0.1) is 12.2 Å². The molecule has 0 saturated heterocycles. The van der Waals surface area contributed by atoms with Crippen molar-refractivity contribution in [2.24, 2.45) is 28.6 Å². The van der Waals surface area contributed by atoms with Crippen LogP contribution in [0.15, 0.2) is 11.6 Å². The second kappa shape index (κ2) is 4.58. The van der Waals surface area contributed by atoms with Crippen LogP contribution in [0, 0.1) is 28.6 Å². The maximum Gasteiger partial charge on any atom is 0.0724 e. The van der Waals surface area contributed by atoms with Crippen molar-refractivity contribution in [1.29, 1.82) is 0 Å². The van der Waals surface area contributed by atoms with E-state index in [0.717, 1.165) is 37.0 Å². The Morgan fingerprint density at radius 3 is 2.57 bits per heavy atom. The summed E-state index contributed by atoms with van der Waals surface area (Å²) in [5, 5.41) is 20.4. The van der Waals surface area contributed by atoms with Crippen LogP contribution in [0.25, 0.3) is 0 Å². The number of rotatable bonds is 0. The Morgan fingerprint density at radius 1 is 0.952 bits per heavy atom. The van der Waals surface area contributed by atoms with Gasteiger partial charge in [0.1, 0.15) is 0 Å². The highest BCUT2D eigenvalue weighted by atomic mass is 16.3. The van der Waals surface area contributed by atoms with Gasteiger partial charge in [0.15, 0.2) is 0 Å². The molecule has 4 aliphatic rings. The smallest absolute Gasteiger partial charge is 0.0724 e. The number of fused-ring (bicyclic) bond motifs is 5. The Balaban J connectivity index is 1.67. The molecule has 0 unspecified atom stereocenters. The minimum absolute atomic E-state index is 0.0682. The predicted molar refractivity (Wildman–Crippen MR) is 83.7 cm³/mol. The molecular formula is C19H30O2. The number of hydrogen-bond donors (Lipinski definition) is 2. The van der Waals surface area contributed by atoms with E-state index in [9.17, 15) is 10.2 Å². The number of aliphatic hydroxyl groups excluding tert-OH is 2. The van der Waals surface area contributed by atoms with Gasteiger partial charge >= 0.3 is 0 Å². The summed E-state index contributed by atoms with van der Waals surface area (Å²) in [6.45, 7) is 4.82. The molecule has 0 aromatic heterocycles. The van der Waals surface area contributed by atoms with Crippen LogP contribution in [0.2, 0.25) is 0 Å². The molecule has 4 rings (SSSR count). The molecule has 0 aromatic carbocycles. The molecule has 0 bridgehead atoms. The summed E-state index contributed by atoms with van der Waals surface area (Å²) >= 11 is 0. The quantitative estimate of drug-likeness (QED) is 0.668. The van der Waals surface area contributed by atoms with Crippen LogP contribution in [-0.2, 0) is 0 Å². The summed E-state index contributed by atoms with van der Waals surface area (Å²) in [6, 6.07) is 0. The van der Waals surface area contributed by atoms with Crippen molar-refractivity contribution in [3.63, 3.8) is 0 Å². The van der Waals surface area contributed by atoms with Crippen LogP contribution in [-0.4, -0.2) is 22.4 Å².